The minimum Gasteiger partial charge on any atom is -0.477 e. The predicted octanol–water partition coefficient (Wildman–Crippen LogP) is 1.82. The number of nitrogens with zero attached hydrogens (tertiary/aromatic N) is 3. The van der Waals surface area contributed by atoms with Crippen molar-refractivity contribution in [3.05, 3.63) is 33.9 Å². The van der Waals surface area contributed by atoms with E-state index in [1.54, 1.807) is 6.07 Å². The van der Waals surface area contributed by atoms with Gasteiger partial charge in [-0.2, -0.15) is 0 Å². The van der Waals surface area contributed by atoms with E-state index in [-0.39, 0.29) is 17.3 Å². The summed E-state index contributed by atoms with van der Waals surface area (Å²) in [5.74, 6) is -1.27. The van der Waals surface area contributed by atoms with Crippen molar-refractivity contribution in [2.45, 2.75) is 19.9 Å². The molecule has 0 aliphatic carbocycles. The molecule has 1 saturated heterocycles. The van der Waals surface area contributed by atoms with Crippen LogP contribution in [0.4, 0.5) is 11.4 Å². The number of aromatic carboxylic acids is 1. The van der Waals surface area contributed by atoms with Gasteiger partial charge in [-0.3, -0.25) is 15.0 Å². The first-order valence-electron chi connectivity index (χ1n) is 6.94. The topological polar surface area (TPSA) is 86.9 Å². The van der Waals surface area contributed by atoms with Gasteiger partial charge in [0.2, 0.25) is 0 Å². The molecule has 1 aromatic carbocycles. The van der Waals surface area contributed by atoms with Gasteiger partial charge in [0.15, 0.2) is 0 Å². The molecule has 1 atom stereocenters. The number of rotatable bonds is 4. The first-order valence-corrected chi connectivity index (χ1v) is 6.94. The van der Waals surface area contributed by atoms with Crippen LogP contribution in [0, 0.1) is 10.1 Å². The second-order valence-electron chi connectivity index (χ2n) is 5.20. The molecule has 0 amide bonds. The van der Waals surface area contributed by atoms with E-state index in [0.29, 0.717) is 0 Å². The van der Waals surface area contributed by atoms with E-state index in [1.807, 2.05) is 0 Å². The normalized spacial score (nSPS) is 19.5. The highest BCUT2D eigenvalue weighted by molar-refractivity contribution is 5.93. The van der Waals surface area contributed by atoms with Crippen molar-refractivity contribution in [2.75, 3.05) is 31.1 Å². The highest BCUT2D eigenvalue weighted by Gasteiger charge is 2.26. The van der Waals surface area contributed by atoms with Crippen LogP contribution in [0.3, 0.4) is 0 Å². The minimum absolute atomic E-state index is 0.238. The summed E-state index contributed by atoms with van der Waals surface area (Å²) in [4.78, 5) is 25.9. The van der Waals surface area contributed by atoms with Crippen LogP contribution in [0.25, 0.3) is 0 Å². The summed E-state index contributed by atoms with van der Waals surface area (Å²) in [5.41, 5.74) is 0.0926. The molecule has 1 aliphatic rings. The van der Waals surface area contributed by atoms with Crippen LogP contribution < -0.4 is 4.90 Å². The van der Waals surface area contributed by atoms with Gasteiger partial charge in [-0.05, 0) is 25.6 Å². The van der Waals surface area contributed by atoms with E-state index in [2.05, 4.69) is 23.6 Å². The van der Waals surface area contributed by atoms with E-state index in [0.717, 1.165) is 31.9 Å². The summed E-state index contributed by atoms with van der Waals surface area (Å²) < 4.78 is 0. The summed E-state index contributed by atoms with van der Waals surface area (Å²) >= 11 is 0. The molecule has 114 valence electrons. The number of hydrogen-bond acceptors (Lipinski definition) is 5. The summed E-state index contributed by atoms with van der Waals surface area (Å²) in [6.45, 7) is 7.75. The van der Waals surface area contributed by atoms with E-state index in [4.69, 9.17) is 5.11 Å². The van der Waals surface area contributed by atoms with Crippen molar-refractivity contribution >= 4 is 17.3 Å². The van der Waals surface area contributed by atoms with Crippen LogP contribution in [-0.4, -0.2) is 53.1 Å². The fourth-order valence-corrected chi connectivity index (χ4v) is 2.74. The Hall–Kier alpha value is -2.15. The minimum atomic E-state index is -1.27. The molecule has 1 N–H and O–H groups in total. The third-order valence-corrected chi connectivity index (χ3v) is 3.90. The maximum absolute atomic E-state index is 11.2. The Balaban J connectivity index is 2.31. The Bertz CT molecular complexity index is 561. The third kappa shape index (κ3) is 3.13. The first kappa shape index (κ1) is 15.2. The average molecular weight is 293 g/mol. The van der Waals surface area contributed by atoms with E-state index in [9.17, 15) is 14.9 Å². The lowest BCUT2D eigenvalue weighted by molar-refractivity contribution is -0.385. The molecular formula is C14H19N3O4. The van der Waals surface area contributed by atoms with Crippen LogP contribution in [0.1, 0.15) is 24.2 Å². The van der Waals surface area contributed by atoms with Gasteiger partial charge in [0.25, 0.3) is 5.69 Å². The van der Waals surface area contributed by atoms with E-state index in [1.165, 1.54) is 12.1 Å². The Morgan fingerprint density at radius 3 is 2.71 bits per heavy atom. The zero-order chi connectivity index (χ0) is 15.6. The van der Waals surface area contributed by atoms with Crippen LogP contribution in [0.15, 0.2) is 18.2 Å². The number of hydrogen-bond donors (Lipinski definition) is 1. The maximum Gasteiger partial charge on any atom is 0.342 e. The Labute approximate surface area is 122 Å². The van der Waals surface area contributed by atoms with Gasteiger partial charge in [0.1, 0.15) is 5.56 Å². The van der Waals surface area contributed by atoms with Crippen molar-refractivity contribution in [1.29, 1.82) is 0 Å². The van der Waals surface area contributed by atoms with Crippen LogP contribution in [-0.2, 0) is 0 Å². The molecule has 0 unspecified atom stereocenters. The second-order valence-corrected chi connectivity index (χ2v) is 5.20. The molecule has 1 fully saturated rings. The van der Waals surface area contributed by atoms with Gasteiger partial charge in [0.05, 0.1) is 4.92 Å². The second kappa shape index (κ2) is 6.09. The first-order chi connectivity index (χ1) is 9.93. The number of carboxylic acids is 1. The number of carboxylic acid groups (broad SMARTS) is 1. The molecule has 7 nitrogen and oxygen atoms in total. The van der Waals surface area contributed by atoms with Crippen molar-refractivity contribution in [3.8, 4) is 0 Å². The number of anilines is 1. The highest BCUT2D eigenvalue weighted by atomic mass is 16.6. The molecule has 1 aliphatic heterocycles. The lowest BCUT2D eigenvalue weighted by atomic mass is 10.1. The standard InChI is InChI=1S/C14H19N3O4/c1-3-15-6-7-16(10(2)9-15)11-4-5-13(17(20)21)12(8-11)14(18)19/h4-5,8,10H,3,6-7,9H2,1-2H3,(H,18,19)/t10-/m1/s1. The number of likely N-dealkylation sites (N-methyl/N-ethyl adjacent to an activating group) is 1. The molecule has 2 rings (SSSR count). The molecule has 0 aromatic heterocycles. The molecule has 0 spiro atoms. The molecule has 7 heteroatoms. The fourth-order valence-electron chi connectivity index (χ4n) is 2.74. The molecule has 0 saturated carbocycles. The smallest absolute Gasteiger partial charge is 0.342 e. The highest BCUT2D eigenvalue weighted by Crippen LogP contribution is 2.27. The quantitative estimate of drug-likeness (QED) is 0.673. The average Bonchev–Trinajstić information content (AvgIpc) is 2.46. The van der Waals surface area contributed by atoms with Gasteiger partial charge in [-0.15, -0.1) is 0 Å². The van der Waals surface area contributed by atoms with Crippen molar-refractivity contribution in [1.82, 2.24) is 4.90 Å². The van der Waals surface area contributed by atoms with Crippen LogP contribution in [0.2, 0.25) is 0 Å². The van der Waals surface area contributed by atoms with Gasteiger partial charge in [-0.25, -0.2) is 4.79 Å². The van der Waals surface area contributed by atoms with Gasteiger partial charge < -0.3 is 10.0 Å². The van der Waals surface area contributed by atoms with Gasteiger partial charge in [0, 0.05) is 37.4 Å². The molecule has 1 heterocycles. The number of nitro groups is 1. The lowest BCUT2D eigenvalue weighted by Gasteiger charge is -2.41. The number of carbonyl (C=O) groups is 1. The van der Waals surface area contributed by atoms with Gasteiger partial charge >= 0.3 is 5.97 Å². The van der Waals surface area contributed by atoms with E-state index < -0.39 is 10.9 Å². The lowest BCUT2D eigenvalue weighted by Crippen LogP contribution is -2.51. The number of nitro benzene ring substituents is 1. The summed E-state index contributed by atoms with van der Waals surface area (Å²) in [6.07, 6.45) is 0. The number of piperazine rings is 1. The number of benzene rings is 1. The zero-order valence-electron chi connectivity index (χ0n) is 12.2. The molecule has 0 radical (unpaired) electrons. The predicted molar refractivity (Wildman–Crippen MR) is 79.0 cm³/mol. The summed E-state index contributed by atoms with van der Waals surface area (Å²) in [7, 11) is 0. The molecular weight excluding hydrogens is 274 g/mol. The monoisotopic (exact) mass is 293 g/mol. The van der Waals surface area contributed by atoms with Crippen LogP contribution >= 0.6 is 0 Å². The SMILES string of the molecule is CCN1CCN(c2ccc([N+](=O)[O-])c(C(=O)O)c2)[C@H](C)C1. The van der Waals surface area contributed by atoms with Gasteiger partial charge in [-0.1, -0.05) is 6.92 Å². The molecule has 1 aromatic rings. The van der Waals surface area contributed by atoms with Crippen molar-refractivity contribution in [3.63, 3.8) is 0 Å². The Kier molecular flexibility index (Phi) is 4.42. The van der Waals surface area contributed by atoms with Crippen molar-refractivity contribution in [2.24, 2.45) is 0 Å². The molecule has 21 heavy (non-hydrogen) atoms. The zero-order valence-corrected chi connectivity index (χ0v) is 12.2. The summed E-state index contributed by atoms with van der Waals surface area (Å²) in [6, 6.07) is 4.54. The van der Waals surface area contributed by atoms with Crippen LogP contribution in [0.5, 0.6) is 0 Å². The maximum atomic E-state index is 11.2. The van der Waals surface area contributed by atoms with Crippen molar-refractivity contribution < 1.29 is 14.8 Å². The van der Waals surface area contributed by atoms with E-state index >= 15 is 0 Å². The largest absolute Gasteiger partial charge is 0.477 e. The summed E-state index contributed by atoms with van der Waals surface area (Å²) in [5, 5.41) is 20.0. The Morgan fingerprint density at radius 1 is 1.48 bits per heavy atom. The molecule has 0 bridgehead atoms. The fraction of sp³-hybridized carbons (Fsp3) is 0.500. The Morgan fingerprint density at radius 2 is 2.19 bits per heavy atom. The third-order valence-electron chi connectivity index (χ3n) is 3.90.